The van der Waals surface area contributed by atoms with Crippen LogP contribution in [0.3, 0.4) is 0 Å². The molecule has 1 aromatic carbocycles. The molecular formula is C23H26F2N7OP. The first kappa shape index (κ1) is 22.5. The summed E-state index contributed by atoms with van der Waals surface area (Å²) in [5.41, 5.74) is 3.31. The quantitative estimate of drug-likeness (QED) is 0.300. The van der Waals surface area contributed by atoms with Gasteiger partial charge in [-0.2, -0.15) is 5.10 Å². The van der Waals surface area contributed by atoms with E-state index in [1.807, 2.05) is 37.5 Å². The van der Waals surface area contributed by atoms with Gasteiger partial charge in [0.25, 0.3) is 6.43 Å². The third-order valence-electron chi connectivity index (χ3n) is 5.80. The van der Waals surface area contributed by atoms with Crippen LogP contribution in [0.5, 0.6) is 0 Å². The van der Waals surface area contributed by atoms with E-state index in [0.29, 0.717) is 33.9 Å². The van der Waals surface area contributed by atoms with Crippen molar-refractivity contribution in [1.29, 1.82) is 0 Å². The Morgan fingerprint density at radius 1 is 1.18 bits per heavy atom. The number of alkyl halides is 2. The van der Waals surface area contributed by atoms with E-state index in [1.165, 1.54) is 12.8 Å². The summed E-state index contributed by atoms with van der Waals surface area (Å²) < 4.78 is 41.6. The van der Waals surface area contributed by atoms with Crippen LogP contribution in [0.4, 0.5) is 26.0 Å². The van der Waals surface area contributed by atoms with Crippen LogP contribution in [-0.4, -0.2) is 44.6 Å². The van der Waals surface area contributed by atoms with Crippen LogP contribution in [0.15, 0.2) is 36.5 Å². The fourth-order valence-electron chi connectivity index (χ4n) is 3.82. The number of hydrogen-bond donors (Lipinski definition) is 3. The summed E-state index contributed by atoms with van der Waals surface area (Å²) in [6.45, 7) is 4.17. The molecule has 1 aliphatic rings. The summed E-state index contributed by atoms with van der Waals surface area (Å²) in [7, 11) is -0.871. The number of hydrogen-bond acceptors (Lipinski definition) is 6. The summed E-state index contributed by atoms with van der Waals surface area (Å²) in [5, 5.41) is 11.7. The number of pyridine rings is 1. The molecule has 1 aliphatic carbocycles. The van der Waals surface area contributed by atoms with E-state index in [2.05, 4.69) is 30.7 Å². The Morgan fingerprint density at radius 2 is 1.97 bits per heavy atom. The highest BCUT2D eigenvalue weighted by atomic mass is 31.2. The first-order chi connectivity index (χ1) is 16.2. The number of nitrogens with one attached hydrogen (secondary N) is 3. The normalized spacial score (nSPS) is 14.2. The molecular weight excluding hydrogens is 459 g/mol. The number of aromatic nitrogens is 5. The fourth-order valence-corrected chi connectivity index (χ4v) is 4.99. The molecule has 34 heavy (non-hydrogen) atoms. The van der Waals surface area contributed by atoms with Gasteiger partial charge < -0.3 is 20.2 Å². The Balaban J connectivity index is 1.57. The maximum Gasteiger partial charge on any atom is 0.295 e. The van der Waals surface area contributed by atoms with Crippen molar-refractivity contribution >= 4 is 40.8 Å². The Labute approximate surface area is 195 Å². The highest BCUT2D eigenvalue weighted by Gasteiger charge is 2.23. The minimum absolute atomic E-state index is 0.265. The molecule has 4 aromatic rings. The molecule has 3 N–H and O–H groups in total. The standard InChI is InChI=1S/C23H26F2N7OP/c1-32-9-8-15(31-32)14-6-7-16(18(10-14)34(2,3)33)27-17-11-19(26-12-13-4-5-13)28-22-20(17)29-23(30-22)21(24)25/h6-11,13,21H,4-5,12H2,1-3H3,(H3,26,27,28,29,30). The van der Waals surface area contributed by atoms with E-state index >= 15 is 0 Å². The second-order valence-corrected chi connectivity index (χ2v) is 12.3. The van der Waals surface area contributed by atoms with Crippen molar-refractivity contribution in [2.45, 2.75) is 19.3 Å². The second kappa shape index (κ2) is 8.51. The molecule has 5 rings (SSSR count). The Bertz CT molecular complexity index is 1400. The molecule has 0 radical (unpaired) electrons. The van der Waals surface area contributed by atoms with Gasteiger partial charge in [-0.25, -0.2) is 18.7 Å². The van der Waals surface area contributed by atoms with Gasteiger partial charge in [0.15, 0.2) is 11.5 Å². The number of anilines is 3. The van der Waals surface area contributed by atoms with Crippen molar-refractivity contribution in [2.75, 3.05) is 30.5 Å². The lowest BCUT2D eigenvalue weighted by Crippen LogP contribution is -2.11. The summed E-state index contributed by atoms with van der Waals surface area (Å²) >= 11 is 0. The smallest absolute Gasteiger partial charge is 0.295 e. The summed E-state index contributed by atoms with van der Waals surface area (Å²) in [6, 6.07) is 9.24. The third-order valence-corrected chi connectivity index (χ3v) is 7.33. The topological polar surface area (TPSA) is 101 Å². The number of halogens is 2. The number of H-pyrrole nitrogens is 1. The zero-order valence-corrected chi connectivity index (χ0v) is 20.0. The maximum atomic E-state index is 13.4. The first-order valence-electron chi connectivity index (χ1n) is 11.1. The van der Waals surface area contributed by atoms with Gasteiger partial charge in [-0.05, 0) is 50.3 Å². The molecule has 1 saturated carbocycles. The zero-order valence-electron chi connectivity index (χ0n) is 19.1. The van der Waals surface area contributed by atoms with Crippen molar-refractivity contribution in [3.05, 3.63) is 42.4 Å². The van der Waals surface area contributed by atoms with Gasteiger partial charge in [0.2, 0.25) is 0 Å². The molecule has 0 aliphatic heterocycles. The SMILES string of the molecule is Cn1ccc(-c2ccc(Nc3cc(NCC4CC4)nc4[nH]c(C(F)F)nc34)c(P(C)(C)=O)c2)n1. The van der Waals surface area contributed by atoms with Gasteiger partial charge in [-0.15, -0.1) is 0 Å². The van der Waals surface area contributed by atoms with E-state index in [9.17, 15) is 13.3 Å². The Hall–Kier alpha value is -3.26. The predicted molar refractivity (Wildman–Crippen MR) is 131 cm³/mol. The van der Waals surface area contributed by atoms with Crippen LogP contribution in [0.1, 0.15) is 25.1 Å². The van der Waals surface area contributed by atoms with Crippen molar-refractivity contribution in [3.8, 4) is 11.3 Å². The molecule has 1 fully saturated rings. The Kier molecular flexibility index (Phi) is 5.64. The molecule has 0 atom stereocenters. The van der Waals surface area contributed by atoms with Gasteiger partial charge in [-0.1, -0.05) is 6.07 Å². The predicted octanol–water partition coefficient (Wildman–Crippen LogP) is 5.11. The van der Waals surface area contributed by atoms with Crippen LogP contribution in [0.2, 0.25) is 0 Å². The van der Waals surface area contributed by atoms with Crippen LogP contribution in [-0.2, 0) is 11.6 Å². The van der Waals surface area contributed by atoms with E-state index < -0.39 is 19.4 Å². The van der Waals surface area contributed by atoms with E-state index in [0.717, 1.165) is 17.8 Å². The number of aryl methyl sites for hydroxylation is 1. The van der Waals surface area contributed by atoms with Crippen LogP contribution >= 0.6 is 7.14 Å². The summed E-state index contributed by atoms with van der Waals surface area (Å²) in [6.07, 6.45) is 1.45. The summed E-state index contributed by atoms with van der Waals surface area (Å²) in [4.78, 5) is 11.1. The molecule has 0 spiro atoms. The molecule has 0 saturated heterocycles. The minimum Gasteiger partial charge on any atom is -0.370 e. The molecule has 3 heterocycles. The molecule has 178 valence electrons. The molecule has 0 amide bonds. The lowest BCUT2D eigenvalue weighted by molar-refractivity contribution is 0.142. The fraction of sp³-hybridized carbons (Fsp3) is 0.348. The van der Waals surface area contributed by atoms with Crippen LogP contribution in [0.25, 0.3) is 22.4 Å². The second-order valence-electron chi connectivity index (χ2n) is 9.08. The van der Waals surface area contributed by atoms with Gasteiger partial charge >= 0.3 is 0 Å². The lowest BCUT2D eigenvalue weighted by atomic mass is 10.1. The van der Waals surface area contributed by atoms with Crippen LogP contribution in [0, 0.1) is 5.92 Å². The average Bonchev–Trinajstić information content (AvgIpc) is 3.33. The van der Waals surface area contributed by atoms with Crippen molar-refractivity contribution in [1.82, 2.24) is 24.7 Å². The Morgan fingerprint density at radius 3 is 2.62 bits per heavy atom. The largest absolute Gasteiger partial charge is 0.370 e. The highest BCUT2D eigenvalue weighted by molar-refractivity contribution is 7.70. The van der Waals surface area contributed by atoms with Crippen molar-refractivity contribution in [3.63, 3.8) is 0 Å². The minimum atomic E-state index is -2.75. The van der Waals surface area contributed by atoms with Gasteiger partial charge in [0.1, 0.15) is 18.5 Å². The van der Waals surface area contributed by atoms with Crippen LogP contribution < -0.4 is 15.9 Å². The van der Waals surface area contributed by atoms with Gasteiger partial charge in [-0.3, -0.25) is 4.68 Å². The number of nitrogens with zero attached hydrogens (tertiary/aromatic N) is 4. The van der Waals surface area contributed by atoms with Gasteiger partial charge in [0, 0.05) is 42.4 Å². The summed E-state index contributed by atoms with van der Waals surface area (Å²) in [5.74, 6) is 0.741. The number of aromatic amines is 1. The molecule has 11 heteroatoms. The zero-order chi connectivity index (χ0) is 24.0. The lowest BCUT2D eigenvalue weighted by Gasteiger charge is -2.17. The molecule has 0 bridgehead atoms. The molecule has 3 aromatic heterocycles. The number of benzene rings is 1. The van der Waals surface area contributed by atoms with Crippen molar-refractivity contribution < 1.29 is 13.3 Å². The number of imidazole rings is 1. The third kappa shape index (κ3) is 4.68. The average molecular weight is 485 g/mol. The molecule has 0 unspecified atom stereocenters. The van der Waals surface area contributed by atoms with Gasteiger partial charge in [0.05, 0.1) is 11.4 Å². The van der Waals surface area contributed by atoms with E-state index in [4.69, 9.17) is 0 Å². The van der Waals surface area contributed by atoms with E-state index in [1.54, 1.807) is 24.1 Å². The van der Waals surface area contributed by atoms with Crippen molar-refractivity contribution in [2.24, 2.45) is 13.0 Å². The number of rotatable bonds is 8. The number of fused-ring (bicyclic) bond motifs is 1. The van der Waals surface area contributed by atoms with E-state index in [-0.39, 0.29) is 5.65 Å². The highest BCUT2D eigenvalue weighted by Crippen LogP contribution is 2.40. The monoisotopic (exact) mass is 485 g/mol. The first-order valence-corrected chi connectivity index (χ1v) is 13.7. The molecule has 8 nitrogen and oxygen atoms in total. The maximum absolute atomic E-state index is 13.4.